The lowest BCUT2D eigenvalue weighted by atomic mass is 10.1. The normalized spacial score (nSPS) is 17.1. The van der Waals surface area contributed by atoms with Crippen molar-refractivity contribution in [3.05, 3.63) is 59.7 Å². The zero-order chi connectivity index (χ0) is 22.9. The summed E-state index contributed by atoms with van der Waals surface area (Å²) >= 11 is 1.12. The molecule has 9 nitrogen and oxygen atoms in total. The Bertz CT molecular complexity index is 1040. The van der Waals surface area contributed by atoms with E-state index < -0.39 is 11.2 Å². The molecule has 1 aliphatic rings. The summed E-state index contributed by atoms with van der Waals surface area (Å²) in [5.41, 5.74) is 1.74. The highest BCUT2D eigenvalue weighted by Crippen LogP contribution is 2.23. The quantitative estimate of drug-likeness (QED) is 0.377. The van der Waals surface area contributed by atoms with Crippen LogP contribution in [0.5, 0.6) is 5.75 Å². The van der Waals surface area contributed by atoms with E-state index in [1.165, 1.54) is 13.3 Å². The molecule has 0 bridgehead atoms. The molecule has 2 aromatic rings. The Kier molecular flexibility index (Phi) is 7.98. The molecule has 1 aliphatic heterocycles. The van der Waals surface area contributed by atoms with E-state index in [-0.39, 0.29) is 23.4 Å². The second kappa shape index (κ2) is 11.1. The molecular weight excluding hydrogens is 432 g/mol. The van der Waals surface area contributed by atoms with Crippen molar-refractivity contribution in [1.29, 1.82) is 0 Å². The first kappa shape index (κ1) is 23.0. The number of carbonyl (C=O) groups excluding carboxylic acids is 3. The van der Waals surface area contributed by atoms with E-state index in [1.54, 1.807) is 48.5 Å². The minimum atomic E-state index is -0.636. The van der Waals surface area contributed by atoms with Gasteiger partial charge in [0.05, 0.1) is 25.5 Å². The zero-order valence-electron chi connectivity index (χ0n) is 17.5. The summed E-state index contributed by atoms with van der Waals surface area (Å²) in [5, 5.41) is 13.0. The number of methoxy groups -OCH3 is 1. The van der Waals surface area contributed by atoms with Gasteiger partial charge in [0.2, 0.25) is 11.8 Å². The minimum absolute atomic E-state index is 0.0330. The Hall–Kier alpha value is -3.66. The van der Waals surface area contributed by atoms with Gasteiger partial charge in [-0.2, -0.15) is 5.10 Å². The summed E-state index contributed by atoms with van der Waals surface area (Å²) in [6, 6.07) is 13.6. The maximum absolute atomic E-state index is 12.6. The Morgan fingerprint density at radius 1 is 1.19 bits per heavy atom. The molecule has 0 saturated carbocycles. The summed E-state index contributed by atoms with van der Waals surface area (Å²) in [6.45, 7) is 2.45. The number of hydrogen-bond acceptors (Lipinski definition) is 8. The number of hydrogen-bond donors (Lipinski definition) is 2. The Morgan fingerprint density at radius 2 is 1.91 bits per heavy atom. The number of ether oxygens (including phenoxy) is 2. The summed E-state index contributed by atoms with van der Waals surface area (Å²) in [7, 11) is 1.32. The predicted molar refractivity (Wildman–Crippen MR) is 123 cm³/mol. The van der Waals surface area contributed by atoms with Crippen LogP contribution in [0.4, 0.5) is 5.69 Å². The number of nitrogens with zero attached hydrogens (tertiary/aromatic N) is 2. The van der Waals surface area contributed by atoms with Crippen LogP contribution in [0.15, 0.2) is 58.7 Å². The maximum atomic E-state index is 12.6. The van der Waals surface area contributed by atoms with Crippen molar-refractivity contribution in [2.75, 3.05) is 19.0 Å². The number of amidine groups is 1. The summed E-state index contributed by atoms with van der Waals surface area (Å²) in [5.74, 6) is -0.329. The number of nitrogens with one attached hydrogen (secondary N) is 2. The van der Waals surface area contributed by atoms with Crippen molar-refractivity contribution in [2.24, 2.45) is 10.2 Å². The third kappa shape index (κ3) is 6.42. The molecule has 1 atom stereocenters. The number of esters is 1. The molecule has 0 aromatic heterocycles. The third-order valence-corrected chi connectivity index (χ3v) is 5.36. The van der Waals surface area contributed by atoms with Gasteiger partial charge in [-0.25, -0.2) is 4.79 Å². The van der Waals surface area contributed by atoms with E-state index in [4.69, 9.17) is 4.74 Å². The maximum Gasteiger partial charge on any atom is 0.337 e. The second-order valence-corrected chi connectivity index (χ2v) is 7.76. The Morgan fingerprint density at radius 3 is 2.56 bits per heavy atom. The molecule has 0 radical (unpaired) electrons. The molecule has 0 spiro atoms. The first-order valence-corrected chi connectivity index (χ1v) is 10.7. The van der Waals surface area contributed by atoms with Crippen LogP contribution in [0, 0.1) is 0 Å². The Labute approximate surface area is 189 Å². The van der Waals surface area contributed by atoms with Gasteiger partial charge >= 0.3 is 5.97 Å². The van der Waals surface area contributed by atoms with Crippen LogP contribution in [0.2, 0.25) is 0 Å². The first-order chi connectivity index (χ1) is 15.5. The van der Waals surface area contributed by atoms with Gasteiger partial charge < -0.3 is 20.1 Å². The van der Waals surface area contributed by atoms with Gasteiger partial charge in [0.1, 0.15) is 11.0 Å². The molecule has 2 N–H and O–H groups in total. The lowest BCUT2D eigenvalue weighted by molar-refractivity contribution is -0.123. The molecule has 2 aromatic carbocycles. The number of carbonyl (C=O) groups is 3. The van der Waals surface area contributed by atoms with Crippen molar-refractivity contribution in [1.82, 2.24) is 5.32 Å². The van der Waals surface area contributed by atoms with E-state index in [0.29, 0.717) is 29.2 Å². The molecule has 1 heterocycles. The van der Waals surface area contributed by atoms with Gasteiger partial charge in [-0.05, 0) is 48.9 Å². The lowest BCUT2D eigenvalue weighted by Crippen LogP contribution is -2.41. The molecule has 166 valence electrons. The first-order valence-electron chi connectivity index (χ1n) is 9.78. The number of thioether (sulfide) groups is 1. The smallest absolute Gasteiger partial charge is 0.337 e. The number of rotatable bonds is 7. The third-order valence-electron chi connectivity index (χ3n) is 4.28. The molecular formula is C22H22N4O5S. The Balaban J connectivity index is 1.60. The molecule has 10 heteroatoms. The number of anilines is 1. The highest BCUT2D eigenvalue weighted by atomic mass is 32.2. The van der Waals surface area contributed by atoms with Gasteiger partial charge in [0, 0.05) is 12.1 Å². The molecule has 1 saturated heterocycles. The van der Waals surface area contributed by atoms with E-state index in [9.17, 15) is 14.4 Å². The summed E-state index contributed by atoms with van der Waals surface area (Å²) in [6.07, 6.45) is 1.51. The van der Waals surface area contributed by atoms with Crippen LogP contribution in [0.25, 0.3) is 0 Å². The van der Waals surface area contributed by atoms with Crippen LogP contribution in [-0.2, 0) is 14.3 Å². The van der Waals surface area contributed by atoms with Crippen LogP contribution < -0.4 is 15.4 Å². The highest BCUT2D eigenvalue weighted by Gasteiger charge is 2.30. The second-order valence-electron chi connectivity index (χ2n) is 6.57. The van der Waals surface area contributed by atoms with Crippen molar-refractivity contribution < 1.29 is 23.9 Å². The van der Waals surface area contributed by atoms with Crippen molar-refractivity contribution in [3.8, 4) is 5.75 Å². The summed E-state index contributed by atoms with van der Waals surface area (Å²) in [4.78, 5) is 36.1. The van der Waals surface area contributed by atoms with Crippen molar-refractivity contribution in [2.45, 2.75) is 18.6 Å². The molecule has 1 unspecified atom stereocenters. The monoisotopic (exact) mass is 454 g/mol. The molecule has 2 amide bonds. The van der Waals surface area contributed by atoms with Crippen molar-refractivity contribution >= 4 is 46.6 Å². The topological polar surface area (TPSA) is 118 Å². The van der Waals surface area contributed by atoms with E-state index in [2.05, 4.69) is 25.6 Å². The summed E-state index contributed by atoms with van der Waals surface area (Å²) < 4.78 is 10.0. The fraction of sp³-hybridized carbons (Fsp3) is 0.227. The van der Waals surface area contributed by atoms with E-state index in [0.717, 1.165) is 11.8 Å². The average molecular weight is 455 g/mol. The van der Waals surface area contributed by atoms with Crippen LogP contribution in [0.1, 0.15) is 29.3 Å². The molecule has 32 heavy (non-hydrogen) atoms. The fourth-order valence-corrected chi connectivity index (χ4v) is 3.67. The van der Waals surface area contributed by atoms with Gasteiger partial charge in [0.15, 0.2) is 5.17 Å². The van der Waals surface area contributed by atoms with E-state index in [1.807, 2.05) is 6.92 Å². The molecule has 3 rings (SSSR count). The van der Waals surface area contributed by atoms with Gasteiger partial charge in [-0.15, -0.1) is 5.10 Å². The standard InChI is InChI=1S/C22H22N4O5S/c1-3-31-17-10-8-16(9-11-17)24-20(28)18-12-19(27)25-22(32-18)26-23-13-14-4-6-15(7-5-14)21(29)30-2/h4-11,13,18H,3,12H2,1-2H3,(H,24,28)(H,25,26,27). The van der Waals surface area contributed by atoms with Gasteiger partial charge in [0.25, 0.3) is 0 Å². The van der Waals surface area contributed by atoms with Gasteiger partial charge in [-0.1, -0.05) is 23.9 Å². The number of amides is 2. The minimum Gasteiger partial charge on any atom is -0.494 e. The SMILES string of the molecule is CCOc1ccc(NC(=O)C2CC(=O)N/C(=N\N=Cc3ccc(C(=O)OC)cc3)S2)cc1. The van der Waals surface area contributed by atoms with E-state index >= 15 is 0 Å². The fourth-order valence-electron chi connectivity index (χ4n) is 2.73. The van der Waals surface area contributed by atoms with Crippen LogP contribution >= 0.6 is 11.8 Å². The van der Waals surface area contributed by atoms with Gasteiger partial charge in [-0.3, -0.25) is 9.59 Å². The van der Waals surface area contributed by atoms with Crippen LogP contribution in [-0.4, -0.2) is 48.1 Å². The highest BCUT2D eigenvalue weighted by molar-refractivity contribution is 8.15. The average Bonchev–Trinajstić information content (AvgIpc) is 2.80. The molecule has 1 fully saturated rings. The lowest BCUT2D eigenvalue weighted by Gasteiger charge is -2.21. The molecule has 0 aliphatic carbocycles. The zero-order valence-corrected chi connectivity index (χ0v) is 18.3. The largest absolute Gasteiger partial charge is 0.494 e. The predicted octanol–water partition coefficient (Wildman–Crippen LogP) is 2.82. The van der Waals surface area contributed by atoms with Crippen LogP contribution in [0.3, 0.4) is 0 Å². The number of benzene rings is 2. The van der Waals surface area contributed by atoms with Crippen molar-refractivity contribution in [3.63, 3.8) is 0 Å².